The molecule has 0 amide bonds. The van der Waals surface area contributed by atoms with Gasteiger partial charge in [-0.15, -0.1) is 0 Å². The van der Waals surface area contributed by atoms with Crippen molar-refractivity contribution in [3.05, 3.63) is 33.3 Å². The number of hydrogen-bond donors (Lipinski definition) is 1. The van der Waals surface area contributed by atoms with Gasteiger partial charge in [0.05, 0.1) is 0 Å². The third-order valence-corrected chi connectivity index (χ3v) is 4.21. The highest BCUT2D eigenvalue weighted by molar-refractivity contribution is 9.10. The van der Waals surface area contributed by atoms with Crippen LogP contribution < -0.4 is 5.32 Å². The lowest BCUT2D eigenvalue weighted by Crippen LogP contribution is -2.21. The smallest absolute Gasteiger partial charge is 0.0464 e. The van der Waals surface area contributed by atoms with Crippen LogP contribution in [0.1, 0.15) is 31.9 Å². The Labute approximate surface area is 111 Å². The van der Waals surface area contributed by atoms with Crippen molar-refractivity contribution in [2.45, 2.75) is 26.3 Å². The fraction of sp³-hybridized carbons (Fsp3) is 0.538. The third-order valence-electron chi connectivity index (χ3n) is 3.39. The van der Waals surface area contributed by atoms with Gasteiger partial charge in [-0.25, -0.2) is 0 Å². The summed E-state index contributed by atoms with van der Waals surface area (Å²) < 4.78 is 1.03. The quantitative estimate of drug-likeness (QED) is 0.869. The largest absolute Gasteiger partial charge is 0.310 e. The topological polar surface area (TPSA) is 12.0 Å². The van der Waals surface area contributed by atoms with Crippen LogP contribution in [-0.4, -0.2) is 6.54 Å². The van der Waals surface area contributed by atoms with Gasteiger partial charge in [0.25, 0.3) is 0 Å². The molecule has 1 aromatic carbocycles. The fourth-order valence-electron chi connectivity index (χ4n) is 1.97. The Morgan fingerprint density at radius 2 is 2.25 bits per heavy atom. The van der Waals surface area contributed by atoms with E-state index in [9.17, 15) is 0 Å². The van der Waals surface area contributed by atoms with E-state index in [1.165, 1.54) is 12.0 Å². The van der Waals surface area contributed by atoms with Crippen molar-refractivity contribution in [1.29, 1.82) is 0 Å². The third kappa shape index (κ3) is 2.99. The molecule has 88 valence electrons. The van der Waals surface area contributed by atoms with Gasteiger partial charge in [0.2, 0.25) is 0 Å². The Morgan fingerprint density at radius 3 is 2.81 bits per heavy atom. The molecule has 3 heteroatoms. The number of rotatable bonds is 4. The van der Waals surface area contributed by atoms with E-state index in [2.05, 4.69) is 41.2 Å². The monoisotopic (exact) mass is 301 g/mol. The molecule has 1 nitrogen and oxygen atoms in total. The van der Waals surface area contributed by atoms with Gasteiger partial charge in [-0.3, -0.25) is 0 Å². The van der Waals surface area contributed by atoms with Crippen LogP contribution in [0.5, 0.6) is 0 Å². The highest BCUT2D eigenvalue weighted by atomic mass is 79.9. The van der Waals surface area contributed by atoms with Crippen molar-refractivity contribution in [2.75, 3.05) is 6.54 Å². The molecule has 2 rings (SSSR count). The molecule has 1 aromatic rings. The first-order valence-electron chi connectivity index (χ1n) is 5.76. The number of benzene rings is 1. The van der Waals surface area contributed by atoms with Crippen LogP contribution in [0.2, 0.25) is 5.02 Å². The Hall–Kier alpha value is -0.0500. The zero-order chi connectivity index (χ0) is 11.7. The van der Waals surface area contributed by atoms with Crippen molar-refractivity contribution in [3.63, 3.8) is 0 Å². The standard InChI is InChI=1S/C13H17BrClN/c1-8-5-10(8)7-16-9(2)12-4-3-11(14)6-13(12)15/h3-4,6,8-10,16H,5,7H2,1-2H3. The maximum atomic E-state index is 6.21. The van der Waals surface area contributed by atoms with Gasteiger partial charge >= 0.3 is 0 Å². The summed E-state index contributed by atoms with van der Waals surface area (Å²) in [5.41, 5.74) is 1.18. The second-order valence-corrected chi connectivity index (χ2v) is 6.09. The Morgan fingerprint density at radius 1 is 1.56 bits per heavy atom. The highest BCUT2D eigenvalue weighted by Crippen LogP contribution is 2.37. The number of nitrogens with one attached hydrogen (secondary N) is 1. The van der Waals surface area contributed by atoms with Crippen molar-refractivity contribution in [3.8, 4) is 0 Å². The second-order valence-electron chi connectivity index (χ2n) is 4.77. The summed E-state index contributed by atoms with van der Waals surface area (Å²) in [5.74, 6) is 1.77. The summed E-state index contributed by atoms with van der Waals surface area (Å²) in [7, 11) is 0. The normalized spacial score (nSPS) is 25.5. The Bertz CT molecular complexity index is 380. The van der Waals surface area contributed by atoms with E-state index in [-0.39, 0.29) is 0 Å². The molecule has 0 aromatic heterocycles. The Balaban J connectivity index is 1.94. The summed E-state index contributed by atoms with van der Waals surface area (Å²) in [6, 6.07) is 6.40. The lowest BCUT2D eigenvalue weighted by atomic mass is 10.1. The van der Waals surface area contributed by atoms with Gasteiger partial charge in [0.1, 0.15) is 0 Å². The molecule has 16 heavy (non-hydrogen) atoms. The van der Waals surface area contributed by atoms with Crippen LogP contribution in [0.15, 0.2) is 22.7 Å². The summed E-state index contributed by atoms with van der Waals surface area (Å²) in [4.78, 5) is 0. The van der Waals surface area contributed by atoms with E-state index in [0.29, 0.717) is 6.04 Å². The first-order valence-corrected chi connectivity index (χ1v) is 6.93. The molecule has 1 N–H and O–H groups in total. The SMILES string of the molecule is CC(NCC1CC1C)c1ccc(Br)cc1Cl. The van der Waals surface area contributed by atoms with Crippen molar-refractivity contribution in [1.82, 2.24) is 5.32 Å². The predicted octanol–water partition coefficient (Wildman–Crippen LogP) is 4.41. The van der Waals surface area contributed by atoms with Crippen LogP contribution in [0.4, 0.5) is 0 Å². The summed E-state index contributed by atoms with van der Waals surface area (Å²) in [6.45, 7) is 5.58. The number of halogens is 2. The van der Waals surface area contributed by atoms with Gasteiger partial charge in [0, 0.05) is 15.5 Å². The molecule has 3 atom stereocenters. The second kappa shape index (κ2) is 5.07. The maximum Gasteiger partial charge on any atom is 0.0464 e. The molecular formula is C13H17BrClN. The van der Waals surface area contributed by atoms with Crippen molar-refractivity contribution < 1.29 is 0 Å². The molecule has 0 aliphatic heterocycles. The highest BCUT2D eigenvalue weighted by Gasteiger charge is 2.32. The summed E-state index contributed by atoms with van der Waals surface area (Å²) in [6.07, 6.45) is 1.37. The molecule has 0 saturated heterocycles. The minimum atomic E-state index is 0.327. The minimum absolute atomic E-state index is 0.327. The van der Waals surface area contributed by atoms with Gasteiger partial charge in [0.15, 0.2) is 0 Å². The molecule has 0 radical (unpaired) electrons. The average Bonchev–Trinajstić information content (AvgIpc) is 2.91. The molecule has 0 heterocycles. The molecule has 0 spiro atoms. The van der Waals surface area contributed by atoms with E-state index >= 15 is 0 Å². The van der Waals surface area contributed by atoms with Gasteiger partial charge < -0.3 is 5.32 Å². The fourth-order valence-corrected chi connectivity index (χ4v) is 2.81. The summed E-state index contributed by atoms with van der Waals surface area (Å²) >= 11 is 9.63. The van der Waals surface area contributed by atoms with Crippen LogP contribution in [0.3, 0.4) is 0 Å². The van der Waals surface area contributed by atoms with Gasteiger partial charge in [-0.1, -0.05) is 40.5 Å². The van der Waals surface area contributed by atoms with Gasteiger partial charge in [-0.05, 0) is 49.4 Å². The molecular weight excluding hydrogens is 286 g/mol. The predicted molar refractivity (Wildman–Crippen MR) is 72.8 cm³/mol. The van der Waals surface area contributed by atoms with E-state index in [1.54, 1.807) is 0 Å². The first-order chi connectivity index (χ1) is 7.58. The Kier molecular flexibility index (Phi) is 3.93. The van der Waals surface area contributed by atoms with Crippen LogP contribution in [0.25, 0.3) is 0 Å². The lowest BCUT2D eigenvalue weighted by molar-refractivity contribution is 0.535. The molecule has 1 fully saturated rings. The van der Waals surface area contributed by atoms with Gasteiger partial charge in [-0.2, -0.15) is 0 Å². The molecule has 1 aliphatic carbocycles. The van der Waals surface area contributed by atoms with E-state index < -0.39 is 0 Å². The lowest BCUT2D eigenvalue weighted by Gasteiger charge is -2.15. The van der Waals surface area contributed by atoms with Crippen molar-refractivity contribution in [2.24, 2.45) is 11.8 Å². The molecule has 0 bridgehead atoms. The van der Waals surface area contributed by atoms with E-state index in [4.69, 9.17) is 11.6 Å². The zero-order valence-corrected chi connectivity index (χ0v) is 12.0. The first kappa shape index (κ1) is 12.4. The minimum Gasteiger partial charge on any atom is -0.310 e. The average molecular weight is 303 g/mol. The van der Waals surface area contributed by atoms with Crippen LogP contribution in [-0.2, 0) is 0 Å². The maximum absolute atomic E-state index is 6.21. The molecule has 1 saturated carbocycles. The van der Waals surface area contributed by atoms with E-state index in [0.717, 1.165) is 27.9 Å². The molecule has 3 unspecified atom stereocenters. The zero-order valence-electron chi connectivity index (χ0n) is 9.63. The van der Waals surface area contributed by atoms with Crippen LogP contribution in [0, 0.1) is 11.8 Å². The van der Waals surface area contributed by atoms with Crippen molar-refractivity contribution >= 4 is 27.5 Å². The number of hydrogen-bond acceptors (Lipinski definition) is 1. The van der Waals surface area contributed by atoms with E-state index in [1.807, 2.05) is 12.1 Å². The summed E-state index contributed by atoms with van der Waals surface area (Å²) in [5, 5.41) is 4.38. The molecule has 1 aliphatic rings. The van der Waals surface area contributed by atoms with Crippen LogP contribution >= 0.6 is 27.5 Å².